The zero-order valence-corrected chi connectivity index (χ0v) is 16.8. The van der Waals surface area contributed by atoms with Crippen LogP contribution in [0.2, 0.25) is 0 Å². The number of aromatic amines is 1. The van der Waals surface area contributed by atoms with Crippen molar-refractivity contribution >= 4 is 16.8 Å². The van der Waals surface area contributed by atoms with Gasteiger partial charge >= 0.3 is 0 Å². The number of carbonyl (C=O) groups is 1. The van der Waals surface area contributed by atoms with Crippen molar-refractivity contribution in [1.29, 1.82) is 0 Å². The first-order valence-electron chi connectivity index (χ1n) is 9.88. The van der Waals surface area contributed by atoms with Crippen LogP contribution in [0.4, 0.5) is 0 Å². The number of ether oxygens (including phenoxy) is 3. The normalized spacial score (nSPS) is 14.8. The summed E-state index contributed by atoms with van der Waals surface area (Å²) < 4.78 is 16.3. The van der Waals surface area contributed by atoms with Crippen LogP contribution < -0.4 is 14.2 Å². The first kappa shape index (κ1) is 19.2. The minimum Gasteiger partial charge on any atom is -0.497 e. The number of H-pyrrole nitrogens is 1. The molecule has 1 fully saturated rings. The molecule has 0 unspecified atom stereocenters. The van der Waals surface area contributed by atoms with E-state index in [1.807, 2.05) is 47.4 Å². The molecular formula is C23H26N2O4. The van der Waals surface area contributed by atoms with Crippen molar-refractivity contribution in [2.24, 2.45) is 0 Å². The number of rotatable bonds is 6. The fraction of sp³-hybridized carbons (Fsp3) is 0.348. The van der Waals surface area contributed by atoms with Crippen LogP contribution in [-0.2, 0) is 4.79 Å². The Morgan fingerprint density at radius 3 is 2.52 bits per heavy atom. The lowest BCUT2D eigenvalue weighted by molar-refractivity contribution is -0.134. The van der Waals surface area contributed by atoms with Gasteiger partial charge in [-0.1, -0.05) is 12.1 Å². The van der Waals surface area contributed by atoms with Gasteiger partial charge in [-0.2, -0.15) is 0 Å². The van der Waals surface area contributed by atoms with E-state index in [2.05, 4.69) is 11.1 Å². The van der Waals surface area contributed by atoms with E-state index < -0.39 is 0 Å². The summed E-state index contributed by atoms with van der Waals surface area (Å²) >= 11 is 0. The van der Waals surface area contributed by atoms with Gasteiger partial charge < -0.3 is 24.1 Å². The van der Waals surface area contributed by atoms with Crippen LogP contribution in [0.1, 0.15) is 24.5 Å². The number of nitrogens with one attached hydrogen (secondary N) is 1. The third-order valence-electron chi connectivity index (χ3n) is 5.56. The highest BCUT2D eigenvalue weighted by Gasteiger charge is 2.25. The lowest BCUT2D eigenvalue weighted by Crippen LogP contribution is -2.40. The maximum absolute atomic E-state index is 12.6. The molecule has 29 heavy (non-hydrogen) atoms. The first-order valence-corrected chi connectivity index (χ1v) is 9.88. The third kappa shape index (κ3) is 4.16. The number of hydrogen-bond acceptors (Lipinski definition) is 4. The van der Waals surface area contributed by atoms with Gasteiger partial charge in [0.15, 0.2) is 18.1 Å². The first-order chi connectivity index (χ1) is 14.2. The van der Waals surface area contributed by atoms with E-state index in [9.17, 15) is 4.79 Å². The van der Waals surface area contributed by atoms with E-state index >= 15 is 0 Å². The van der Waals surface area contributed by atoms with E-state index in [4.69, 9.17) is 14.2 Å². The van der Waals surface area contributed by atoms with Crippen LogP contribution in [0.5, 0.6) is 17.2 Å². The molecule has 2 heterocycles. The maximum Gasteiger partial charge on any atom is 0.260 e. The number of aromatic nitrogens is 1. The fourth-order valence-corrected chi connectivity index (χ4v) is 3.89. The number of likely N-dealkylation sites (tertiary alicyclic amines) is 1. The number of nitrogens with zero attached hydrogens (tertiary/aromatic N) is 1. The van der Waals surface area contributed by atoms with Crippen LogP contribution in [0.25, 0.3) is 10.9 Å². The van der Waals surface area contributed by atoms with Gasteiger partial charge in [0.2, 0.25) is 0 Å². The topological polar surface area (TPSA) is 63.8 Å². The van der Waals surface area contributed by atoms with Gasteiger partial charge in [-0.3, -0.25) is 4.79 Å². The summed E-state index contributed by atoms with van der Waals surface area (Å²) in [5, 5.41) is 1.16. The molecule has 4 rings (SSSR count). The second-order valence-corrected chi connectivity index (χ2v) is 7.27. The molecule has 152 valence electrons. The standard InChI is InChI=1S/C23H26N2O4/c1-27-18-7-8-19-17(13-18)14-20(24-19)16-9-11-25(12-10-16)23(26)15-29-22-6-4-3-5-21(22)28-2/h3-8,13-14,16,24H,9-12,15H2,1-2H3. The molecule has 2 aromatic carbocycles. The van der Waals surface area contributed by atoms with Gasteiger partial charge in [0, 0.05) is 35.6 Å². The predicted molar refractivity (Wildman–Crippen MR) is 112 cm³/mol. The number of fused-ring (bicyclic) bond motifs is 1. The van der Waals surface area contributed by atoms with E-state index in [0.717, 1.165) is 42.6 Å². The molecule has 1 aromatic heterocycles. The molecule has 0 atom stereocenters. The molecule has 6 heteroatoms. The van der Waals surface area contributed by atoms with Gasteiger partial charge in [-0.05, 0) is 49.2 Å². The Balaban J connectivity index is 1.33. The minimum atomic E-state index is 0.00994. The van der Waals surface area contributed by atoms with Gasteiger partial charge in [0.05, 0.1) is 14.2 Å². The fourth-order valence-electron chi connectivity index (χ4n) is 3.89. The number of methoxy groups -OCH3 is 2. The SMILES string of the molecule is COc1ccc2[nH]c(C3CCN(C(=O)COc4ccccc4OC)CC3)cc2c1. The largest absolute Gasteiger partial charge is 0.497 e. The summed E-state index contributed by atoms with van der Waals surface area (Å²) in [6.45, 7) is 1.49. The molecule has 0 saturated carbocycles. The van der Waals surface area contributed by atoms with Crippen molar-refractivity contribution in [3.63, 3.8) is 0 Å². The second kappa shape index (κ2) is 8.47. The van der Waals surface area contributed by atoms with Gasteiger partial charge in [0.1, 0.15) is 5.75 Å². The molecule has 6 nitrogen and oxygen atoms in total. The Morgan fingerprint density at radius 2 is 1.79 bits per heavy atom. The van der Waals surface area contributed by atoms with Crippen molar-refractivity contribution in [2.45, 2.75) is 18.8 Å². The van der Waals surface area contributed by atoms with Crippen molar-refractivity contribution in [3.8, 4) is 17.2 Å². The highest BCUT2D eigenvalue weighted by molar-refractivity contribution is 5.82. The maximum atomic E-state index is 12.6. The second-order valence-electron chi connectivity index (χ2n) is 7.27. The van der Waals surface area contributed by atoms with Gasteiger partial charge in [-0.25, -0.2) is 0 Å². The smallest absolute Gasteiger partial charge is 0.260 e. The monoisotopic (exact) mass is 394 g/mol. The molecule has 0 radical (unpaired) electrons. The van der Waals surface area contributed by atoms with E-state index in [0.29, 0.717) is 17.4 Å². The number of amides is 1. The summed E-state index contributed by atoms with van der Waals surface area (Å²) in [5.74, 6) is 2.52. The summed E-state index contributed by atoms with van der Waals surface area (Å²) in [4.78, 5) is 18.0. The van der Waals surface area contributed by atoms with E-state index in [1.54, 1.807) is 14.2 Å². The summed E-state index contributed by atoms with van der Waals surface area (Å²) in [7, 11) is 3.27. The van der Waals surface area contributed by atoms with Crippen molar-refractivity contribution in [1.82, 2.24) is 9.88 Å². The quantitative estimate of drug-likeness (QED) is 0.687. The van der Waals surface area contributed by atoms with Crippen LogP contribution in [0.3, 0.4) is 0 Å². The third-order valence-corrected chi connectivity index (χ3v) is 5.56. The van der Waals surface area contributed by atoms with Crippen molar-refractivity contribution in [3.05, 3.63) is 54.2 Å². The summed E-state index contributed by atoms with van der Waals surface area (Å²) in [6.07, 6.45) is 1.87. The molecule has 0 spiro atoms. The molecule has 1 aliphatic heterocycles. The highest BCUT2D eigenvalue weighted by Crippen LogP contribution is 2.31. The Labute approximate surface area is 170 Å². The van der Waals surface area contributed by atoms with Gasteiger partial charge in [-0.15, -0.1) is 0 Å². The lowest BCUT2D eigenvalue weighted by atomic mass is 9.93. The lowest BCUT2D eigenvalue weighted by Gasteiger charge is -2.31. The highest BCUT2D eigenvalue weighted by atomic mass is 16.5. The molecule has 1 saturated heterocycles. The number of carbonyl (C=O) groups excluding carboxylic acids is 1. The molecular weight excluding hydrogens is 368 g/mol. The van der Waals surface area contributed by atoms with Crippen LogP contribution in [0.15, 0.2) is 48.5 Å². The van der Waals surface area contributed by atoms with E-state index in [1.165, 1.54) is 5.69 Å². The summed E-state index contributed by atoms with van der Waals surface area (Å²) in [5.41, 5.74) is 2.34. The molecule has 0 bridgehead atoms. The average molecular weight is 394 g/mol. The van der Waals surface area contributed by atoms with E-state index in [-0.39, 0.29) is 12.5 Å². The average Bonchev–Trinajstić information content (AvgIpc) is 3.21. The molecule has 0 aliphatic carbocycles. The molecule has 1 amide bonds. The Bertz CT molecular complexity index is 989. The predicted octanol–water partition coefficient (Wildman–Crippen LogP) is 3.97. The van der Waals surface area contributed by atoms with Crippen LogP contribution in [-0.4, -0.2) is 49.7 Å². The minimum absolute atomic E-state index is 0.00994. The number of hydrogen-bond donors (Lipinski definition) is 1. The molecule has 3 aromatic rings. The van der Waals surface area contributed by atoms with Crippen molar-refractivity contribution in [2.75, 3.05) is 33.9 Å². The van der Waals surface area contributed by atoms with Gasteiger partial charge in [0.25, 0.3) is 5.91 Å². The van der Waals surface area contributed by atoms with Crippen LogP contribution >= 0.6 is 0 Å². The Morgan fingerprint density at radius 1 is 1.03 bits per heavy atom. The molecule has 1 N–H and O–H groups in total. The van der Waals surface area contributed by atoms with Crippen LogP contribution in [0, 0.1) is 0 Å². The summed E-state index contributed by atoms with van der Waals surface area (Å²) in [6, 6.07) is 15.6. The zero-order valence-electron chi connectivity index (χ0n) is 16.8. The number of piperidine rings is 1. The zero-order chi connectivity index (χ0) is 20.2. The number of benzene rings is 2. The number of para-hydroxylation sites is 2. The Hall–Kier alpha value is -3.15. The Kier molecular flexibility index (Phi) is 5.60. The van der Waals surface area contributed by atoms with Crippen molar-refractivity contribution < 1.29 is 19.0 Å². The molecule has 1 aliphatic rings.